The zero-order chi connectivity index (χ0) is 20.1. The van der Waals surface area contributed by atoms with E-state index in [0.717, 1.165) is 10.4 Å². The highest BCUT2D eigenvalue weighted by molar-refractivity contribution is 7.93. The maximum Gasteiger partial charge on any atom is 0.289 e. The van der Waals surface area contributed by atoms with Gasteiger partial charge in [-0.15, -0.1) is 0 Å². The lowest BCUT2D eigenvalue weighted by molar-refractivity contribution is -0.387. The molecule has 2 aromatic carbocycles. The molecule has 0 unspecified atom stereocenters. The van der Waals surface area contributed by atoms with E-state index in [9.17, 15) is 23.3 Å². The molecule has 1 aliphatic heterocycles. The Morgan fingerprint density at radius 2 is 1.68 bits per heavy atom. The number of nitro benzene ring substituents is 1. The van der Waals surface area contributed by atoms with Crippen molar-refractivity contribution in [2.75, 3.05) is 37.2 Å². The molecule has 1 fully saturated rings. The van der Waals surface area contributed by atoms with Crippen molar-refractivity contribution in [3.8, 4) is 0 Å². The van der Waals surface area contributed by atoms with Crippen LogP contribution in [0.25, 0.3) is 0 Å². The number of hydrogen-bond donors (Lipinski definition) is 0. The Bertz CT molecular complexity index is 958. The van der Waals surface area contributed by atoms with Crippen LogP contribution in [0.2, 0.25) is 0 Å². The van der Waals surface area contributed by atoms with E-state index in [1.165, 1.54) is 23.1 Å². The first-order chi connectivity index (χ1) is 13.4. The van der Waals surface area contributed by atoms with Gasteiger partial charge in [-0.1, -0.05) is 30.3 Å². The van der Waals surface area contributed by atoms with Gasteiger partial charge in [0.1, 0.15) is 6.54 Å². The fraction of sp³-hybridized carbons (Fsp3) is 0.278. The van der Waals surface area contributed by atoms with E-state index in [1.807, 2.05) is 0 Å². The smallest absolute Gasteiger partial charge is 0.289 e. The lowest BCUT2D eigenvalue weighted by Crippen LogP contribution is -2.47. The number of amides is 1. The molecule has 10 heteroatoms. The summed E-state index contributed by atoms with van der Waals surface area (Å²) in [5, 5.41) is 11.3. The molecule has 28 heavy (non-hydrogen) atoms. The van der Waals surface area contributed by atoms with Crippen molar-refractivity contribution in [3.05, 3.63) is 64.7 Å². The summed E-state index contributed by atoms with van der Waals surface area (Å²) in [4.78, 5) is 24.4. The minimum Gasteiger partial charge on any atom is -0.378 e. The first-order valence-electron chi connectivity index (χ1n) is 8.58. The zero-order valence-corrected chi connectivity index (χ0v) is 15.7. The second-order valence-corrected chi connectivity index (χ2v) is 7.90. The number of carbonyl (C=O) groups excluding carboxylic acids is 1. The molecule has 0 aliphatic carbocycles. The number of anilines is 1. The number of hydrogen-bond acceptors (Lipinski definition) is 6. The van der Waals surface area contributed by atoms with Gasteiger partial charge in [0.15, 0.2) is 4.90 Å². The van der Waals surface area contributed by atoms with Gasteiger partial charge in [0.2, 0.25) is 5.91 Å². The largest absolute Gasteiger partial charge is 0.378 e. The van der Waals surface area contributed by atoms with Gasteiger partial charge in [-0.3, -0.25) is 19.2 Å². The van der Waals surface area contributed by atoms with Crippen LogP contribution in [-0.4, -0.2) is 57.0 Å². The molecule has 0 bridgehead atoms. The molecule has 3 rings (SSSR count). The maximum absolute atomic E-state index is 13.3. The first-order valence-corrected chi connectivity index (χ1v) is 10.0. The molecule has 0 spiro atoms. The molecule has 1 amide bonds. The van der Waals surface area contributed by atoms with Crippen LogP contribution in [0.1, 0.15) is 0 Å². The van der Waals surface area contributed by atoms with E-state index in [4.69, 9.17) is 4.74 Å². The minimum atomic E-state index is -4.35. The van der Waals surface area contributed by atoms with Crippen molar-refractivity contribution in [1.29, 1.82) is 0 Å². The third kappa shape index (κ3) is 4.12. The van der Waals surface area contributed by atoms with Crippen LogP contribution in [-0.2, 0) is 19.6 Å². The summed E-state index contributed by atoms with van der Waals surface area (Å²) in [6.45, 7) is 1.04. The van der Waals surface area contributed by atoms with Gasteiger partial charge in [-0.2, -0.15) is 0 Å². The molecule has 1 saturated heterocycles. The van der Waals surface area contributed by atoms with Gasteiger partial charge in [0.05, 0.1) is 23.8 Å². The van der Waals surface area contributed by atoms with E-state index in [0.29, 0.717) is 26.3 Å². The van der Waals surface area contributed by atoms with Crippen molar-refractivity contribution >= 4 is 27.3 Å². The number of nitro groups is 1. The molecule has 0 saturated carbocycles. The second kappa shape index (κ2) is 8.36. The highest BCUT2D eigenvalue weighted by Crippen LogP contribution is 2.29. The van der Waals surface area contributed by atoms with Crippen molar-refractivity contribution in [2.24, 2.45) is 0 Å². The lowest BCUT2D eigenvalue weighted by Gasteiger charge is -2.30. The van der Waals surface area contributed by atoms with Gasteiger partial charge in [-0.25, -0.2) is 8.42 Å². The average Bonchev–Trinajstić information content (AvgIpc) is 2.73. The molecule has 148 valence electrons. The van der Waals surface area contributed by atoms with Gasteiger partial charge < -0.3 is 9.64 Å². The number of carbonyl (C=O) groups is 1. The lowest BCUT2D eigenvalue weighted by atomic mass is 10.3. The van der Waals surface area contributed by atoms with Crippen molar-refractivity contribution in [1.82, 2.24) is 4.90 Å². The van der Waals surface area contributed by atoms with Crippen molar-refractivity contribution in [3.63, 3.8) is 0 Å². The molecule has 0 radical (unpaired) electrons. The average molecular weight is 405 g/mol. The van der Waals surface area contributed by atoms with Crippen LogP contribution >= 0.6 is 0 Å². The van der Waals surface area contributed by atoms with E-state index in [-0.39, 0.29) is 5.69 Å². The third-order valence-corrected chi connectivity index (χ3v) is 6.14. The van der Waals surface area contributed by atoms with Crippen molar-refractivity contribution in [2.45, 2.75) is 4.90 Å². The minimum absolute atomic E-state index is 0.252. The summed E-state index contributed by atoms with van der Waals surface area (Å²) in [5.74, 6) is -0.394. The summed E-state index contributed by atoms with van der Waals surface area (Å²) >= 11 is 0. The second-order valence-electron chi connectivity index (χ2n) is 6.07. The Labute approximate surface area is 162 Å². The summed E-state index contributed by atoms with van der Waals surface area (Å²) < 4.78 is 32.7. The monoisotopic (exact) mass is 405 g/mol. The first kappa shape index (κ1) is 19.8. The molecule has 0 atom stereocenters. The van der Waals surface area contributed by atoms with Crippen LogP contribution in [0.5, 0.6) is 0 Å². The number of ether oxygens (including phenoxy) is 1. The Morgan fingerprint density at radius 3 is 2.32 bits per heavy atom. The van der Waals surface area contributed by atoms with Crippen LogP contribution in [0, 0.1) is 10.1 Å². The standard InChI is InChI=1S/C18H19N3O6S/c22-18(19-10-12-27-13-11-19)14-20(15-6-2-1-3-7-15)28(25,26)17-9-5-4-8-16(17)21(23)24/h1-9H,10-14H2. The number of nitrogens with zero attached hydrogens (tertiary/aromatic N) is 3. The zero-order valence-electron chi connectivity index (χ0n) is 14.9. The van der Waals surface area contributed by atoms with Gasteiger partial charge in [0.25, 0.3) is 15.7 Å². The molecule has 1 heterocycles. The molecule has 9 nitrogen and oxygen atoms in total. The molecular weight excluding hydrogens is 386 g/mol. The Morgan fingerprint density at radius 1 is 1.07 bits per heavy atom. The summed E-state index contributed by atoms with van der Waals surface area (Å²) in [6, 6.07) is 13.2. The highest BCUT2D eigenvalue weighted by Gasteiger charge is 2.34. The molecule has 0 N–H and O–H groups in total. The predicted molar refractivity (Wildman–Crippen MR) is 101 cm³/mol. The van der Waals surface area contributed by atoms with Gasteiger partial charge in [0, 0.05) is 19.2 Å². The molecule has 1 aliphatic rings. The summed E-state index contributed by atoms with van der Waals surface area (Å²) in [5.41, 5.74) is -0.287. The number of benzene rings is 2. The van der Waals surface area contributed by atoms with E-state index in [2.05, 4.69) is 0 Å². The molecule has 2 aromatic rings. The molecule has 0 aromatic heterocycles. The fourth-order valence-electron chi connectivity index (χ4n) is 2.89. The van der Waals surface area contributed by atoms with E-state index in [1.54, 1.807) is 30.3 Å². The number of para-hydroxylation sites is 2. The Hall–Kier alpha value is -2.98. The number of sulfonamides is 1. The van der Waals surface area contributed by atoms with E-state index >= 15 is 0 Å². The van der Waals surface area contributed by atoms with Crippen LogP contribution in [0.3, 0.4) is 0 Å². The normalized spacial score (nSPS) is 14.5. The number of rotatable bonds is 6. The molecular formula is C18H19N3O6S. The summed E-state index contributed by atoms with van der Waals surface area (Å²) in [6.07, 6.45) is 0. The Kier molecular flexibility index (Phi) is 5.90. The van der Waals surface area contributed by atoms with Crippen LogP contribution in [0.15, 0.2) is 59.5 Å². The SMILES string of the molecule is O=C(CN(c1ccccc1)S(=O)(=O)c1ccccc1[N+](=O)[O-])N1CCOCC1. The van der Waals surface area contributed by atoms with Gasteiger partial charge >= 0.3 is 0 Å². The van der Waals surface area contributed by atoms with Crippen LogP contribution < -0.4 is 4.31 Å². The maximum atomic E-state index is 13.3. The number of morpholine rings is 1. The summed E-state index contributed by atoms with van der Waals surface area (Å²) in [7, 11) is -4.35. The fourth-order valence-corrected chi connectivity index (χ4v) is 4.46. The highest BCUT2D eigenvalue weighted by atomic mass is 32.2. The predicted octanol–water partition coefficient (Wildman–Crippen LogP) is 1.65. The van der Waals surface area contributed by atoms with Crippen molar-refractivity contribution < 1.29 is 22.9 Å². The quantitative estimate of drug-likeness (QED) is 0.534. The van der Waals surface area contributed by atoms with E-state index < -0.39 is 38.0 Å². The Balaban J connectivity index is 2.01. The van der Waals surface area contributed by atoms with Gasteiger partial charge in [-0.05, 0) is 18.2 Å². The topological polar surface area (TPSA) is 110 Å². The third-order valence-electron chi connectivity index (χ3n) is 4.32. The van der Waals surface area contributed by atoms with Crippen LogP contribution in [0.4, 0.5) is 11.4 Å².